The molecule has 1 heterocycles. The smallest absolute Gasteiger partial charge is 0.257 e. The van der Waals surface area contributed by atoms with Crippen molar-refractivity contribution in [3.05, 3.63) is 77.0 Å². The summed E-state index contributed by atoms with van der Waals surface area (Å²) in [5, 5.41) is 4.11. The maximum Gasteiger partial charge on any atom is 0.257 e. The minimum absolute atomic E-state index is 0.0254. The predicted octanol–water partition coefficient (Wildman–Crippen LogP) is 4.31. The fourth-order valence-electron chi connectivity index (χ4n) is 2.90. The molecule has 0 aliphatic heterocycles. The van der Waals surface area contributed by atoms with Gasteiger partial charge in [0.15, 0.2) is 0 Å². The van der Waals surface area contributed by atoms with Crippen LogP contribution in [0.5, 0.6) is 0 Å². The van der Waals surface area contributed by atoms with Gasteiger partial charge in [0.1, 0.15) is 29.0 Å². The number of hydrogen-bond donors (Lipinski definition) is 0. The molecule has 0 atom stereocenters. The normalized spacial score (nSPS) is 10.9. The third-order valence-corrected chi connectivity index (χ3v) is 4.33. The Morgan fingerprint density at radius 2 is 1.75 bits per heavy atom. The molecule has 0 saturated carbocycles. The molecule has 3 rings (SSSR count). The van der Waals surface area contributed by atoms with Crippen LogP contribution in [-0.2, 0) is 13.6 Å². The summed E-state index contributed by atoms with van der Waals surface area (Å²) in [6.45, 7) is 1.52. The second-order valence-corrected chi connectivity index (χ2v) is 6.21. The van der Waals surface area contributed by atoms with Crippen molar-refractivity contribution in [2.24, 2.45) is 7.05 Å². The van der Waals surface area contributed by atoms with E-state index >= 15 is 0 Å². The summed E-state index contributed by atoms with van der Waals surface area (Å²) in [6.07, 6.45) is 1.39. The van der Waals surface area contributed by atoms with Gasteiger partial charge in [-0.25, -0.2) is 17.6 Å². The van der Waals surface area contributed by atoms with Gasteiger partial charge in [0.2, 0.25) is 0 Å². The first-order valence-corrected chi connectivity index (χ1v) is 8.53. The van der Waals surface area contributed by atoms with Crippen molar-refractivity contribution in [2.75, 3.05) is 6.54 Å². The molecule has 8 heteroatoms. The third-order valence-electron chi connectivity index (χ3n) is 4.33. The number of rotatable bonds is 5. The van der Waals surface area contributed by atoms with Crippen molar-refractivity contribution in [1.82, 2.24) is 14.7 Å². The van der Waals surface area contributed by atoms with Gasteiger partial charge in [-0.2, -0.15) is 5.10 Å². The Hall–Kier alpha value is -3.16. The topological polar surface area (TPSA) is 38.1 Å². The summed E-state index contributed by atoms with van der Waals surface area (Å²) in [5.74, 6) is -3.72. The zero-order valence-corrected chi connectivity index (χ0v) is 15.2. The molecule has 0 aliphatic carbocycles. The monoisotopic (exact) mass is 391 g/mol. The first-order valence-electron chi connectivity index (χ1n) is 8.53. The third kappa shape index (κ3) is 3.76. The van der Waals surface area contributed by atoms with Gasteiger partial charge in [0.25, 0.3) is 5.91 Å². The van der Waals surface area contributed by atoms with E-state index in [1.807, 2.05) is 0 Å². The number of amides is 1. The summed E-state index contributed by atoms with van der Waals surface area (Å²) in [6, 6.07) is 6.41. The molecular weight excluding hydrogens is 374 g/mol. The Morgan fingerprint density at radius 3 is 2.36 bits per heavy atom. The molecule has 0 spiro atoms. The van der Waals surface area contributed by atoms with E-state index in [-0.39, 0.29) is 35.5 Å². The Kier molecular flexibility index (Phi) is 5.48. The minimum atomic E-state index is -0.865. The lowest BCUT2D eigenvalue weighted by Crippen LogP contribution is -2.31. The second kappa shape index (κ2) is 7.84. The highest BCUT2D eigenvalue weighted by Gasteiger charge is 2.25. The highest BCUT2D eigenvalue weighted by atomic mass is 19.1. The Labute approximate surface area is 159 Å². The standard InChI is InChI=1S/C20H17F4N3O/c1-3-27(11-14-16(22)5-4-6-17(14)23)20(28)15-10-26(2)25-19(15)13-8-7-12(21)9-18(13)24/h4-10H,3,11H2,1-2H3. The van der Waals surface area contributed by atoms with Crippen molar-refractivity contribution in [3.63, 3.8) is 0 Å². The van der Waals surface area contributed by atoms with E-state index in [1.165, 1.54) is 27.9 Å². The van der Waals surface area contributed by atoms with Crippen molar-refractivity contribution in [2.45, 2.75) is 13.5 Å². The lowest BCUT2D eigenvalue weighted by atomic mass is 10.1. The molecule has 1 aromatic heterocycles. The van der Waals surface area contributed by atoms with Crippen LogP contribution in [0.4, 0.5) is 17.6 Å². The molecule has 28 heavy (non-hydrogen) atoms. The molecule has 4 nitrogen and oxygen atoms in total. The molecule has 2 aromatic carbocycles. The number of carbonyl (C=O) groups excluding carboxylic acids is 1. The fourth-order valence-corrected chi connectivity index (χ4v) is 2.90. The number of benzene rings is 2. The molecule has 1 amide bonds. The molecule has 0 saturated heterocycles. The number of halogens is 4. The van der Waals surface area contributed by atoms with Gasteiger partial charge in [-0.05, 0) is 31.2 Å². The summed E-state index contributed by atoms with van der Waals surface area (Å²) in [7, 11) is 1.55. The molecule has 0 aliphatic rings. The maximum atomic E-state index is 14.2. The molecule has 0 unspecified atom stereocenters. The van der Waals surface area contributed by atoms with Crippen molar-refractivity contribution in [3.8, 4) is 11.3 Å². The molecular formula is C20H17F4N3O. The fraction of sp³-hybridized carbons (Fsp3) is 0.200. The molecule has 0 N–H and O–H groups in total. The average Bonchev–Trinajstić information content (AvgIpc) is 3.02. The quantitative estimate of drug-likeness (QED) is 0.608. The van der Waals surface area contributed by atoms with Crippen molar-refractivity contribution >= 4 is 5.91 Å². The summed E-state index contributed by atoms with van der Waals surface area (Å²) in [5.41, 5.74) is -0.210. The largest absolute Gasteiger partial charge is 0.334 e. The number of aromatic nitrogens is 2. The molecule has 0 radical (unpaired) electrons. The van der Waals surface area contributed by atoms with Crippen LogP contribution in [0.3, 0.4) is 0 Å². The summed E-state index contributed by atoms with van der Waals surface area (Å²) < 4.78 is 56.7. The van der Waals surface area contributed by atoms with E-state index < -0.39 is 29.2 Å². The van der Waals surface area contributed by atoms with Crippen LogP contribution >= 0.6 is 0 Å². The van der Waals surface area contributed by atoms with Crippen molar-refractivity contribution in [1.29, 1.82) is 0 Å². The van der Waals surface area contributed by atoms with Crippen LogP contribution in [0.25, 0.3) is 11.3 Å². The Morgan fingerprint density at radius 1 is 1.07 bits per heavy atom. The molecule has 0 fully saturated rings. The van der Waals surface area contributed by atoms with E-state index in [4.69, 9.17) is 0 Å². The molecule has 146 valence electrons. The van der Waals surface area contributed by atoms with Crippen LogP contribution in [0.15, 0.2) is 42.6 Å². The van der Waals surface area contributed by atoms with Crippen molar-refractivity contribution < 1.29 is 22.4 Å². The summed E-state index contributed by atoms with van der Waals surface area (Å²) in [4.78, 5) is 14.2. The highest BCUT2D eigenvalue weighted by molar-refractivity contribution is 5.99. The first kappa shape index (κ1) is 19.6. The lowest BCUT2D eigenvalue weighted by Gasteiger charge is -2.21. The number of hydrogen-bond acceptors (Lipinski definition) is 2. The van der Waals surface area contributed by atoms with E-state index in [0.717, 1.165) is 18.2 Å². The van der Waals surface area contributed by atoms with Crippen LogP contribution < -0.4 is 0 Å². The molecule has 0 bridgehead atoms. The van der Waals surface area contributed by atoms with Gasteiger partial charge < -0.3 is 4.90 Å². The van der Waals surface area contributed by atoms with Gasteiger partial charge in [0.05, 0.1) is 12.1 Å². The highest BCUT2D eigenvalue weighted by Crippen LogP contribution is 2.27. The van der Waals surface area contributed by atoms with Crippen LogP contribution in [-0.4, -0.2) is 27.1 Å². The van der Waals surface area contributed by atoms with Gasteiger partial charge in [-0.3, -0.25) is 9.48 Å². The maximum absolute atomic E-state index is 14.2. The van der Waals surface area contributed by atoms with Gasteiger partial charge >= 0.3 is 0 Å². The zero-order valence-electron chi connectivity index (χ0n) is 15.2. The van der Waals surface area contributed by atoms with E-state index in [1.54, 1.807) is 14.0 Å². The zero-order chi connectivity index (χ0) is 20.4. The van der Waals surface area contributed by atoms with Crippen LogP contribution in [0.2, 0.25) is 0 Å². The number of carbonyl (C=O) groups is 1. The average molecular weight is 391 g/mol. The number of nitrogens with zero attached hydrogens (tertiary/aromatic N) is 3. The van der Waals surface area contributed by atoms with Gasteiger partial charge in [-0.15, -0.1) is 0 Å². The minimum Gasteiger partial charge on any atom is -0.334 e. The lowest BCUT2D eigenvalue weighted by molar-refractivity contribution is 0.0750. The van der Waals surface area contributed by atoms with E-state index in [0.29, 0.717) is 6.07 Å². The summed E-state index contributed by atoms with van der Waals surface area (Å²) >= 11 is 0. The Balaban J connectivity index is 1.99. The molecule has 3 aromatic rings. The van der Waals surface area contributed by atoms with Crippen LogP contribution in [0.1, 0.15) is 22.8 Å². The number of aryl methyl sites for hydroxylation is 1. The SMILES string of the molecule is CCN(Cc1c(F)cccc1F)C(=O)c1cn(C)nc1-c1ccc(F)cc1F. The van der Waals surface area contributed by atoms with Gasteiger partial charge in [0, 0.05) is 37.0 Å². The van der Waals surface area contributed by atoms with Gasteiger partial charge in [-0.1, -0.05) is 6.07 Å². The predicted molar refractivity (Wildman–Crippen MR) is 95.3 cm³/mol. The second-order valence-electron chi connectivity index (χ2n) is 6.21. The Bertz CT molecular complexity index is 1010. The van der Waals surface area contributed by atoms with E-state index in [9.17, 15) is 22.4 Å². The van der Waals surface area contributed by atoms with Crippen LogP contribution in [0, 0.1) is 23.3 Å². The van der Waals surface area contributed by atoms with E-state index in [2.05, 4.69) is 5.10 Å². The first-order chi connectivity index (χ1) is 13.3.